The molecule has 0 saturated heterocycles. The minimum absolute atomic E-state index is 0.950. The van der Waals surface area contributed by atoms with E-state index in [4.69, 9.17) is 19.9 Å². The average molecular weight is 343 g/mol. The molecule has 4 heterocycles. The Balaban J connectivity index is 2.13. The van der Waals surface area contributed by atoms with Crippen LogP contribution in [0.2, 0.25) is 0 Å². The lowest BCUT2D eigenvalue weighted by atomic mass is 10.5. The summed E-state index contributed by atoms with van der Waals surface area (Å²) in [5.74, 6) is 0. The van der Waals surface area contributed by atoms with Crippen LogP contribution in [0.3, 0.4) is 0 Å². The maximum atomic E-state index is 4.71. The van der Waals surface area contributed by atoms with Crippen LogP contribution >= 0.6 is 7.26 Å². The maximum absolute atomic E-state index is 4.71. The summed E-state index contributed by atoms with van der Waals surface area (Å²) in [5, 5.41) is 0. The maximum Gasteiger partial charge on any atom is 0.222 e. The van der Waals surface area contributed by atoms with Crippen molar-refractivity contribution in [2.45, 2.75) is 0 Å². The summed E-state index contributed by atoms with van der Waals surface area (Å²) >= 11 is 0. The standard InChI is InChI=1S/C20H16N4P/c1-5-13-21-17(9-1)25(18-10-2-6-14-22-18,19-11-3-7-15-23-19)20-12-4-8-16-24-20/h1-16H/q+1. The van der Waals surface area contributed by atoms with Crippen LogP contribution < -0.4 is 21.7 Å². The van der Waals surface area contributed by atoms with Crippen molar-refractivity contribution in [3.05, 3.63) is 97.6 Å². The molecular weight excluding hydrogens is 327 g/mol. The fraction of sp³-hybridized carbons (Fsp3) is 0. The summed E-state index contributed by atoms with van der Waals surface area (Å²) in [5.41, 5.74) is 3.80. The molecule has 120 valence electrons. The number of nitrogens with zero attached hydrogens (tertiary/aromatic N) is 4. The SMILES string of the molecule is c1ccc([P+](c2ccccn2)(c2ccccn2)c2ccccn2)nc1. The Hall–Kier alpha value is -2.97. The summed E-state index contributed by atoms with van der Waals surface area (Å²) in [6, 6.07) is 23.9. The number of hydrogen-bond acceptors (Lipinski definition) is 4. The van der Waals surface area contributed by atoms with Crippen LogP contribution in [0, 0.1) is 0 Å². The molecule has 0 amide bonds. The Kier molecular flexibility index (Phi) is 4.28. The Morgan fingerprint density at radius 1 is 0.400 bits per heavy atom. The molecular formula is C20H16N4P+. The van der Waals surface area contributed by atoms with Crippen molar-refractivity contribution in [3.63, 3.8) is 0 Å². The van der Waals surface area contributed by atoms with Crippen LogP contribution in [-0.4, -0.2) is 19.9 Å². The second kappa shape index (κ2) is 6.88. The molecule has 5 heteroatoms. The van der Waals surface area contributed by atoms with Gasteiger partial charge in [-0.1, -0.05) is 24.3 Å². The smallest absolute Gasteiger partial charge is 0.221 e. The summed E-state index contributed by atoms with van der Waals surface area (Å²) < 4.78 is 0. The molecule has 0 fully saturated rings. The van der Waals surface area contributed by atoms with Crippen molar-refractivity contribution >= 4 is 29.0 Å². The first-order chi connectivity index (χ1) is 12.4. The van der Waals surface area contributed by atoms with E-state index in [-0.39, 0.29) is 0 Å². The van der Waals surface area contributed by atoms with Gasteiger partial charge in [-0.15, -0.1) is 0 Å². The first-order valence-corrected chi connectivity index (χ1v) is 9.77. The molecule has 25 heavy (non-hydrogen) atoms. The lowest BCUT2D eigenvalue weighted by Crippen LogP contribution is -2.43. The van der Waals surface area contributed by atoms with Crippen LogP contribution in [-0.2, 0) is 0 Å². The van der Waals surface area contributed by atoms with E-state index in [1.165, 1.54) is 0 Å². The fourth-order valence-electron chi connectivity index (χ4n) is 2.91. The zero-order valence-corrected chi connectivity index (χ0v) is 14.4. The number of pyridine rings is 4. The van der Waals surface area contributed by atoms with Crippen molar-refractivity contribution in [2.75, 3.05) is 0 Å². The highest BCUT2D eigenvalue weighted by atomic mass is 31.2. The minimum atomic E-state index is -2.35. The Morgan fingerprint density at radius 3 is 0.880 bits per heavy atom. The summed E-state index contributed by atoms with van der Waals surface area (Å²) in [7, 11) is -2.35. The Morgan fingerprint density at radius 2 is 0.680 bits per heavy atom. The second-order valence-electron chi connectivity index (χ2n) is 5.42. The van der Waals surface area contributed by atoms with E-state index in [0.29, 0.717) is 0 Å². The molecule has 4 aromatic heterocycles. The molecule has 0 bridgehead atoms. The third kappa shape index (κ3) is 2.71. The van der Waals surface area contributed by atoms with E-state index < -0.39 is 7.26 Å². The number of hydrogen-bond donors (Lipinski definition) is 0. The van der Waals surface area contributed by atoms with Gasteiger partial charge in [0.15, 0.2) is 0 Å². The van der Waals surface area contributed by atoms with Gasteiger partial charge in [-0.05, 0) is 24.3 Å². The Bertz CT molecular complexity index is 769. The van der Waals surface area contributed by atoms with Gasteiger partial charge in [-0.3, -0.25) is 0 Å². The lowest BCUT2D eigenvalue weighted by molar-refractivity contribution is 1.33. The summed E-state index contributed by atoms with van der Waals surface area (Å²) in [6.45, 7) is 0. The van der Waals surface area contributed by atoms with Crippen LogP contribution in [0.15, 0.2) is 97.6 Å². The highest BCUT2D eigenvalue weighted by Crippen LogP contribution is 2.51. The van der Waals surface area contributed by atoms with E-state index >= 15 is 0 Å². The van der Waals surface area contributed by atoms with Gasteiger partial charge >= 0.3 is 0 Å². The zero-order chi connectivity index (χ0) is 17.0. The monoisotopic (exact) mass is 343 g/mol. The van der Waals surface area contributed by atoms with Gasteiger partial charge in [0.25, 0.3) is 0 Å². The second-order valence-corrected chi connectivity index (χ2v) is 8.60. The molecule has 0 saturated carbocycles. The van der Waals surface area contributed by atoms with E-state index in [1.807, 2.05) is 97.6 Å². The van der Waals surface area contributed by atoms with Crippen LogP contribution in [0.5, 0.6) is 0 Å². The van der Waals surface area contributed by atoms with E-state index in [1.54, 1.807) is 0 Å². The predicted octanol–water partition coefficient (Wildman–Crippen LogP) is 1.89. The van der Waals surface area contributed by atoms with E-state index in [9.17, 15) is 0 Å². The molecule has 0 aromatic carbocycles. The molecule has 0 aliphatic rings. The van der Waals surface area contributed by atoms with Crippen molar-refractivity contribution in [3.8, 4) is 0 Å². The van der Waals surface area contributed by atoms with Crippen LogP contribution in [0.1, 0.15) is 0 Å². The van der Waals surface area contributed by atoms with E-state index in [0.717, 1.165) is 21.7 Å². The van der Waals surface area contributed by atoms with Gasteiger partial charge in [0, 0.05) is 49.1 Å². The summed E-state index contributed by atoms with van der Waals surface area (Å²) in [6.07, 6.45) is 7.27. The third-order valence-corrected chi connectivity index (χ3v) is 7.78. The molecule has 0 aliphatic carbocycles. The van der Waals surface area contributed by atoms with Gasteiger partial charge in [-0.25, -0.2) is 19.9 Å². The van der Waals surface area contributed by atoms with Crippen LogP contribution in [0.4, 0.5) is 0 Å². The Labute approximate surface area is 147 Å². The zero-order valence-electron chi connectivity index (χ0n) is 13.5. The molecule has 4 nitrogen and oxygen atoms in total. The summed E-state index contributed by atoms with van der Waals surface area (Å²) in [4.78, 5) is 18.8. The number of aromatic nitrogens is 4. The average Bonchev–Trinajstić information content (AvgIpc) is 2.72. The van der Waals surface area contributed by atoms with Crippen molar-refractivity contribution in [1.29, 1.82) is 0 Å². The van der Waals surface area contributed by atoms with E-state index in [2.05, 4.69) is 0 Å². The van der Waals surface area contributed by atoms with Gasteiger partial charge < -0.3 is 0 Å². The molecule has 4 aromatic rings. The third-order valence-electron chi connectivity index (χ3n) is 3.97. The largest absolute Gasteiger partial charge is 0.222 e. The van der Waals surface area contributed by atoms with Gasteiger partial charge in [0.05, 0.1) is 0 Å². The predicted molar refractivity (Wildman–Crippen MR) is 102 cm³/mol. The highest BCUT2D eigenvalue weighted by molar-refractivity contribution is 8.00. The normalized spacial score (nSPS) is 11.2. The van der Waals surface area contributed by atoms with Gasteiger partial charge in [0.1, 0.15) is 0 Å². The molecule has 0 atom stereocenters. The van der Waals surface area contributed by atoms with Crippen molar-refractivity contribution in [1.82, 2.24) is 19.9 Å². The molecule has 0 aliphatic heterocycles. The number of rotatable bonds is 4. The quantitative estimate of drug-likeness (QED) is 0.531. The van der Waals surface area contributed by atoms with Gasteiger partial charge in [-0.2, -0.15) is 0 Å². The molecule has 0 N–H and O–H groups in total. The lowest BCUT2D eigenvalue weighted by Gasteiger charge is -2.22. The fourth-order valence-corrected chi connectivity index (χ4v) is 6.52. The minimum Gasteiger partial charge on any atom is -0.221 e. The topological polar surface area (TPSA) is 51.6 Å². The van der Waals surface area contributed by atoms with Crippen LogP contribution in [0.25, 0.3) is 0 Å². The highest BCUT2D eigenvalue weighted by Gasteiger charge is 2.53. The molecule has 0 spiro atoms. The molecule has 4 rings (SSSR count). The molecule has 0 radical (unpaired) electrons. The first-order valence-electron chi connectivity index (χ1n) is 7.98. The molecule has 0 unspecified atom stereocenters. The van der Waals surface area contributed by atoms with Crippen molar-refractivity contribution < 1.29 is 0 Å². The van der Waals surface area contributed by atoms with Crippen molar-refractivity contribution in [2.24, 2.45) is 0 Å². The first kappa shape index (κ1) is 15.6. The van der Waals surface area contributed by atoms with Gasteiger partial charge in [0.2, 0.25) is 29.0 Å².